The molecule has 21 heavy (non-hydrogen) atoms. The predicted octanol–water partition coefficient (Wildman–Crippen LogP) is 3.16. The minimum Gasteiger partial charge on any atom is -0.318 e. The molecule has 0 saturated heterocycles. The number of carbonyl (C=O) groups excluding carboxylic acids is 1. The highest BCUT2D eigenvalue weighted by Gasteiger charge is 2.12. The second kappa shape index (κ2) is 5.24. The second-order valence-corrected chi connectivity index (χ2v) is 4.37. The van der Waals surface area contributed by atoms with Crippen LogP contribution in [0, 0.1) is 11.6 Å². The van der Waals surface area contributed by atoms with Crippen LogP contribution in [0.25, 0.3) is 10.9 Å². The highest BCUT2D eigenvalue weighted by Crippen LogP contribution is 2.16. The Kier molecular flexibility index (Phi) is 3.27. The molecule has 0 aliphatic rings. The van der Waals surface area contributed by atoms with Crippen molar-refractivity contribution in [2.75, 3.05) is 5.32 Å². The van der Waals surface area contributed by atoms with E-state index in [4.69, 9.17) is 0 Å². The summed E-state index contributed by atoms with van der Waals surface area (Å²) in [5, 5.41) is 10.8. The summed E-state index contributed by atoms with van der Waals surface area (Å²) in [5.41, 5.74) is 0.593. The lowest BCUT2D eigenvalue weighted by Gasteiger charge is -2.06. The highest BCUT2D eigenvalue weighted by molar-refractivity contribution is 6.04. The number of aromatic nitrogens is 2. The Morgan fingerprint density at radius 3 is 2.62 bits per heavy atom. The van der Waals surface area contributed by atoms with Gasteiger partial charge < -0.3 is 5.32 Å². The van der Waals surface area contributed by atoms with E-state index >= 15 is 0 Å². The molecular weight excluding hydrogens is 276 g/mol. The molecule has 0 unspecified atom stereocenters. The molecular formula is C15H9F2N3O. The lowest BCUT2D eigenvalue weighted by Crippen LogP contribution is -2.15. The molecule has 0 atom stereocenters. The van der Waals surface area contributed by atoms with Gasteiger partial charge in [-0.25, -0.2) is 8.78 Å². The molecule has 1 heterocycles. The number of hydrogen-bond acceptors (Lipinski definition) is 3. The number of benzene rings is 2. The lowest BCUT2D eigenvalue weighted by atomic mass is 10.2. The topological polar surface area (TPSA) is 54.9 Å². The summed E-state index contributed by atoms with van der Waals surface area (Å²) in [6.45, 7) is 0. The molecule has 104 valence electrons. The van der Waals surface area contributed by atoms with Crippen molar-refractivity contribution in [2.45, 2.75) is 0 Å². The van der Waals surface area contributed by atoms with E-state index in [1.807, 2.05) is 12.1 Å². The van der Waals surface area contributed by atoms with Crippen molar-refractivity contribution < 1.29 is 13.6 Å². The molecule has 1 amide bonds. The minimum absolute atomic E-state index is 0.0532. The third kappa shape index (κ3) is 2.69. The number of carbonyl (C=O) groups is 1. The van der Waals surface area contributed by atoms with Crippen LogP contribution >= 0.6 is 0 Å². The zero-order chi connectivity index (χ0) is 14.8. The van der Waals surface area contributed by atoms with Crippen LogP contribution in [0.15, 0.2) is 48.5 Å². The van der Waals surface area contributed by atoms with Gasteiger partial charge in [0.2, 0.25) is 0 Å². The molecule has 0 aliphatic carbocycles. The van der Waals surface area contributed by atoms with Gasteiger partial charge in [0.05, 0.1) is 11.2 Å². The molecule has 2 aromatic carbocycles. The molecule has 3 rings (SSSR count). The van der Waals surface area contributed by atoms with Gasteiger partial charge in [-0.15, -0.1) is 10.2 Å². The summed E-state index contributed by atoms with van der Waals surface area (Å²) in [6.07, 6.45) is 0. The average Bonchev–Trinajstić information content (AvgIpc) is 2.49. The van der Waals surface area contributed by atoms with Crippen LogP contribution in [0.2, 0.25) is 0 Å². The fourth-order valence-electron chi connectivity index (χ4n) is 1.87. The van der Waals surface area contributed by atoms with Crippen molar-refractivity contribution in [2.24, 2.45) is 0 Å². The van der Waals surface area contributed by atoms with Crippen molar-refractivity contribution in [1.82, 2.24) is 10.2 Å². The number of anilines is 1. The number of amides is 1. The van der Waals surface area contributed by atoms with Crippen LogP contribution in [-0.4, -0.2) is 16.1 Å². The van der Waals surface area contributed by atoms with E-state index in [-0.39, 0.29) is 11.4 Å². The summed E-state index contributed by atoms with van der Waals surface area (Å²) in [4.78, 5) is 12.0. The summed E-state index contributed by atoms with van der Waals surface area (Å²) >= 11 is 0. The normalized spacial score (nSPS) is 10.6. The fourth-order valence-corrected chi connectivity index (χ4v) is 1.87. The van der Waals surface area contributed by atoms with E-state index < -0.39 is 17.5 Å². The number of fused-ring (bicyclic) bond motifs is 1. The van der Waals surface area contributed by atoms with Gasteiger partial charge in [-0.2, -0.15) is 0 Å². The fraction of sp³-hybridized carbons (Fsp3) is 0. The number of nitrogens with zero attached hydrogens (tertiary/aromatic N) is 2. The summed E-state index contributed by atoms with van der Waals surface area (Å²) in [6, 6.07) is 11.6. The first-order chi connectivity index (χ1) is 10.1. The standard InChI is InChI=1S/C15H9F2N3O/c16-10-5-6-13(11(17)8-10)18-15(21)14-7-9-3-1-2-4-12(9)19-20-14/h1-8H,(H,18,21). The molecule has 0 radical (unpaired) electrons. The molecule has 0 spiro atoms. The average molecular weight is 285 g/mol. The Labute approximate surface area is 118 Å². The first-order valence-corrected chi connectivity index (χ1v) is 6.12. The van der Waals surface area contributed by atoms with Gasteiger partial charge in [0, 0.05) is 11.5 Å². The van der Waals surface area contributed by atoms with Crippen molar-refractivity contribution in [1.29, 1.82) is 0 Å². The molecule has 1 aromatic heterocycles. The zero-order valence-corrected chi connectivity index (χ0v) is 10.7. The summed E-state index contributed by atoms with van der Waals surface area (Å²) in [7, 11) is 0. The Balaban J connectivity index is 1.89. The first kappa shape index (κ1) is 13.1. The Morgan fingerprint density at radius 2 is 1.81 bits per heavy atom. The van der Waals surface area contributed by atoms with Crippen molar-refractivity contribution in [3.63, 3.8) is 0 Å². The molecule has 3 aromatic rings. The van der Waals surface area contributed by atoms with Gasteiger partial charge in [-0.05, 0) is 24.3 Å². The number of nitrogens with one attached hydrogen (secondary N) is 1. The highest BCUT2D eigenvalue weighted by atomic mass is 19.1. The van der Waals surface area contributed by atoms with Crippen LogP contribution in [0.1, 0.15) is 10.5 Å². The zero-order valence-electron chi connectivity index (χ0n) is 10.7. The van der Waals surface area contributed by atoms with Crippen LogP contribution in [0.4, 0.5) is 14.5 Å². The summed E-state index contributed by atoms with van der Waals surface area (Å²) in [5.74, 6) is -2.17. The molecule has 0 bridgehead atoms. The molecule has 4 nitrogen and oxygen atoms in total. The molecule has 6 heteroatoms. The third-order valence-corrected chi connectivity index (χ3v) is 2.91. The van der Waals surface area contributed by atoms with E-state index in [0.29, 0.717) is 11.6 Å². The van der Waals surface area contributed by atoms with Gasteiger partial charge in [-0.3, -0.25) is 4.79 Å². The van der Waals surface area contributed by atoms with Crippen LogP contribution in [0.5, 0.6) is 0 Å². The Morgan fingerprint density at radius 1 is 1.00 bits per heavy atom. The van der Waals surface area contributed by atoms with Gasteiger partial charge in [0.25, 0.3) is 5.91 Å². The van der Waals surface area contributed by atoms with E-state index in [1.54, 1.807) is 18.2 Å². The second-order valence-electron chi connectivity index (χ2n) is 4.37. The lowest BCUT2D eigenvalue weighted by molar-refractivity contribution is 0.102. The van der Waals surface area contributed by atoms with Crippen molar-refractivity contribution in [3.8, 4) is 0 Å². The molecule has 0 fully saturated rings. The maximum absolute atomic E-state index is 13.5. The maximum Gasteiger partial charge on any atom is 0.276 e. The van der Waals surface area contributed by atoms with E-state index in [0.717, 1.165) is 17.5 Å². The van der Waals surface area contributed by atoms with Gasteiger partial charge >= 0.3 is 0 Å². The molecule has 0 saturated carbocycles. The molecule has 0 aliphatic heterocycles. The molecule has 1 N–H and O–H groups in total. The third-order valence-electron chi connectivity index (χ3n) is 2.91. The maximum atomic E-state index is 13.5. The van der Waals surface area contributed by atoms with Crippen LogP contribution in [0.3, 0.4) is 0 Å². The van der Waals surface area contributed by atoms with Gasteiger partial charge in [-0.1, -0.05) is 18.2 Å². The van der Waals surface area contributed by atoms with Crippen molar-refractivity contribution >= 4 is 22.5 Å². The number of hydrogen-bond donors (Lipinski definition) is 1. The minimum atomic E-state index is -0.850. The largest absolute Gasteiger partial charge is 0.318 e. The monoisotopic (exact) mass is 285 g/mol. The number of halogens is 2. The van der Waals surface area contributed by atoms with E-state index in [2.05, 4.69) is 15.5 Å². The number of rotatable bonds is 2. The smallest absolute Gasteiger partial charge is 0.276 e. The quantitative estimate of drug-likeness (QED) is 0.787. The van der Waals surface area contributed by atoms with Crippen LogP contribution < -0.4 is 5.32 Å². The Bertz CT molecular complexity index is 836. The first-order valence-electron chi connectivity index (χ1n) is 6.12. The van der Waals surface area contributed by atoms with Gasteiger partial charge in [0.15, 0.2) is 5.69 Å². The van der Waals surface area contributed by atoms with E-state index in [1.165, 1.54) is 0 Å². The van der Waals surface area contributed by atoms with Gasteiger partial charge in [0.1, 0.15) is 11.6 Å². The SMILES string of the molecule is O=C(Nc1ccc(F)cc1F)c1cc2ccccc2nn1. The van der Waals surface area contributed by atoms with Crippen molar-refractivity contribution in [3.05, 3.63) is 65.9 Å². The summed E-state index contributed by atoms with van der Waals surface area (Å²) < 4.78 is 26.3. The van der Waals surface area contributed by atoms with Crippen LogP contribution in [-0.2, 0) is 0 Å². The van der Waals surface area contributed by atoms with E-state index in [9.17, 15) is 13.6 Å². The Hall–Kier alpha value is -2.89. The predicted molar refractivity (Wildman–Crippen MR) is 73.8 cm³/mol.